The maximum absolute atomic E-state index is 16.1. The lowest BCUT2D eigenvalue weighted by molar-refractivity contribution is -0.137. The first-order chi connectivity index (χ1) is 26.2. The number of amides is 1. The molecule has 4 aromatic rings. The summed E-state index contributed by atoms with van der Waals surface area (Å²) in [4.78, 5) is 22.1. The van der Waals surface area contributed by atoms with Crippen molar-refractivity contribution in [2.45, 2.75) is 61.0 Å². The number of alkyl halides is 3. The van der Waals surface area contributed by atoms with Crippen LogP contribution in [0.1, 0.15) is 41.9 Å². The lowest BCUT2D eigenvalue weighted by atomic mass is 9.80. The molecule has 18 heteroatoms. The smallest absolute Gasteiger partial charge is 0.416 e. The lowest BCUT2D eigenvalue weighted by Crippen LogP contribution is -2.58. The number of aromatic nitrogens is 2. The van der Waals surface area contributed by atoms with Crippen LogP contribution in [0.15, 0.2) is 78.1 Å². The number of anilines is 1. The van der Waals surface area contributed by atoms with Gasteiger partial charge in [-0.05, 0) is 62.1 Å². The number of methoxy groups -OCH3 is 2. The number of likely N-dealkylation sites (N-methyl/N-ethyl adjacent to an activating group) is 1. The quantitative estimate of drug-likeness (QED) is 0.152. The molecule has 1 aliphatic carbocycles. The van der Waals surface area contributed by atoms with E-state index in [9.17, 15) is 26.4 Å². The molecule has 0 radical (unpaired) electrons. The molecular formula is C37H38ClF4N5O7S. The molecule has 1 N–H and O–H groups in total. The number of likely N-dealkylation sites (tertiary alicyclic amines) is 1. The van der Waals surface area contributed by atoms with Gasteiger partial charge in [0.2, 0.25) is 0 Å². The van der Waals surface area contributed by atoms with E-state index in [4.69, 9.17) is 30.5 Å². The normalized spacial score (nSPS) is 19.2. The van der Waals surface area contributed by atoms with Gasteiger partial charge >= 0.3 is 12.3 Å². The molecular weight excluding hydrogens is 770 g/mol. The van der Waals surface area contributed by atoms with Crippen molar-refractivity contribution in [1.29, 1.82) is 0 Å². The Morgan fingerprint density at radius 3 is 2.47 bits per heavy atom. The van der Waals surface area contributed by atoms with Crippen LogP contribution in [-0.4, -0.2) is 82.0 Å². The highest BCUT2D eigenvalue weighted by Crippen LogP contribution is 2.41. The molecule has 1 saturated heterocycles. The third kappa shape index (κ3) is 9.16. The van der Waals surface area contributed by atoms with E-state index in [-0.39, 0.29) is 42.0 Å². The predicted octanol–water partition coefficient (Wildman–Crippen LogP) is 6.82. The van der Waals surface area contributed by atoms with Gasteiger partial charge in [0.05, 0.1) is 37.4 Å². The Hall–Kier alpha value is -4.87. The average Bonchev–Trinajstić information content (AvgIpc) is 3.15. The van der Waals surface area contributed by atoms with Gasteiger partial charge in [0, 0.05) is 43.0 Å². The van der Waals surface area contributed by atoms with Gasteiger partial charge in [-0.25, -0.2) is 31.9 Å². The fourth-order valence-electron chi connectivity index (χ4n) is 6.70. The molecule has 6 rings (SSSR count). The van der Waals surface area contributed by atoms with Crippen LogP contribution in [-0.2, 0) is 27.5 Å². The minimum atomic E-state index is -4.71. The van der Waals surface area contributed by atoms with Crippen molar-refractivity contribution in [3.8, 4) is 17.2 Å². The van der Waals surface area contributed by atoms with Gasteiger partial charge in [-0.3, -0.25) is 0 Å². The maximum atomic E-state index is 16.1. The molecule has 1 saturated carbocycles. The summed E-state index contributed by atoms with van der Waals surface area (Å²) in [6, 6.07) is 12.7. The Morgan fingerprint density at radius 1 is 1.02 bits per heavy atom. The highest BCUT2D eigenvalue weighted by molar-refractivity contribution is 7.92. The standard InChI is InChI=1S/C37H38ClF4N5O7S/c1-46-19-26(20-46)45-36(48)54-33-14-23(22-5-4-6-25(13-22)37(40,41)42)8-10-30(33)53-32-17-29(39)34(16-28(32)38)55(49,50)47(35-11-12-43-21-44-35)18-24-7-9-27(51-2)15-31(24)52-3/h4-7,9,11-13,15-17,21,23,26,30,33H,8,10,14,18-20H2,1-3H3,(H,45,48)/t23-,30-,33-/m0/s1. The number of nitrogens with zero attached hydrogens (tertiary/aromatic N) is 4. The molecule has 2 heterocycles. The van der Waals surface area contributed by atoms with Crippen molar-refractivity contribution >= 4 is 33.5 Å². The summed E-state index contributed by atoms with van der Waals surface area (Å²) in [5.74, 6) is -1.12. The minimum absolute atomic E-state index is 0.0620. The number of halogens is 5. The summed E-state index contributed by atoms with van der Waals surface area (Å²) < 4.78 is 109. The molecule has 2 aliphatic rings. The molecule has 2 fully saturated rings. The summed E-state index contributed by atoms with van der Waals surface area (Å²) in [7, 11) is 0.0597. The Balaban J connectivity index is 1.27. The number of nitrogens with one attached hydrogen (secondary N) is 1. The van der Waals surface area contributed by atoms with Crippen molar-refractivity contribution < 1.29 is 49.7 Å². The molecule has 3 atom stereocenters. The van der Waals surface area contributed by atoms with Gasteiger partial charge in [-0.1, -0.05) is 29.8 Å². The number of rotatable bonds is 12. The Kier molecular flexibility index (Phi) is 11.9. The zero-order chi connectivity index (χ0) is 39.5. The van der Waals surface area contributed by atoms with Crippen molar-refractivity contribution in [2.75, 3.05) is 38.7 Å². The van der Waals surface area contributed by atoms with Crippen LogP contribution in [0.5, 0.6) is 17.2 Å². The fraction of sp³-hybridized carbons (Fsp3) is 0.378. The molecule has 12 nitrogen and oxygen atoms in total. The molecule has 55 heavy (non-hydrogen) atoms. The van der Waals surface area contributed by atoms with Crippen molar-refractivity contribution in [3.63, 3.8) is 0 Å². The Labute approximate surface area is 320 Å². The number of hydrogen-bond donors (Lipinski definition) is 1. The fourth-order valence-corrected chi connectivity index (χ4v) is 8.44. The molecule has 3 aromatic carbocycles. The second-order valence-electron chi connectivity index (χ2n) is 13.3. The van der Waals surface area contributed by atoms with E-state index in [1.54, 1.807) is 24.3 Å². The Morgan fingerprint density at radius 2 is 1.80 bits per heavy atom. The van der Waals surface area contributed by atoms with E-state index >= 15 is 4.39 Å². The summed E-state index contributed by atoms with van der Waals surface area (Å²) in [6.45, 7) is 0.896. The predicted molar refractivity (Wildman–Crippen MR) is 193 cm³/mol. The summed E-state index contributed by atoms with van der Waals surface area (Å²) in [6.07, 6.45) is -4.06. The van der Waals surface area contributed by atoms with Gasteiger partial charge in [0.15, 0.2) is 0 Å². The number of benzene rings is 3. The molecule has 1 aliphatic heterocycles. The van der Waals surface area contributed by atoms with Crippen LogP contribution in [0.4, 0.5) is 28.2 Å². The molecule has 1 aromatic heterocycles. The average molecular weight is 808 g/mol. The molecule has 0 bridgehead atoms. The van der Waals surface area contributed by atoms with Crippen molar-refractivity contribution in [3.05, 3.63) is 101 Å². The van der Waals surface area contributed by atoms with E-state index in [2.05, 4.69) is 15.3 Å². The van der Waals surface area contributed by atoms with Crippen LogP contribution < -0.4 is 23.8 Å². The van der Waals surface area contributed by atoms with Gasteiger partial charge in [-0.15, -0.1) is 0 Å². The van der Waals surface area contributed by atoms with Crippen LogP contribution in [0.25, 0.3) is 0 Å². The number of ether oxygens (including phenoxy) is 4. The zero-order valence-corrected chi connectivity index (χ0v) is 31.5. The minimum Gasteiger partial charge on any atom is -0.497 e. The molecule has 0 spiro atoms. The van der Waals surface area contributed by atoms with Crippen LogP contribution in [0, 0.1) is 5.82 Å². The third-order valence-electron chi connectivity index (χ3n) is 9.52. The SMILES string of the molecule is COc1ccc(CN(c2ccncn2)S(=O)(=O)c2cc(Cl)c(O[C@H]3CC[C@H](c4cccc(C(F)(F)F)c4)C[C@@H]3OC(=O)NC3CN(C)C3)cc2F)c(OC)c1. The number of hydrogen-bond acceptors (Lipinski definition) is 10. The van der Waals surface area contributed by atoms with Crippen LogP contribution in [0.3, 0.4) is 0 Å². The van der Waals surface area contributed by atoms with Gasteiger partial charge in [0.25, 0.3) is 10.0 Å². The van der Waals surface area contributed by atoms with Gasteiger partial charge in [0.1, 0.15) is 52.3 Å². The van der Waals surface area contributed by atoms with Crippen LogP contribution >= 0.6 is 11.6 Å². The van der Waals surface area contributed by atoms with E-state index in [0.717, 1.165) is 34.9 Å². The van der Waals surface area contributed by atoms with E-state index in [1.807, 2.05) is 11.9 Å². The second-order valence-corrected chi connectivity index (χ2v) is 15.5. The molecule has 0 unspecified atom stereocenters. The first-order valence-electron chi connectivity index (χ1n) is 17.1. The molecule has 1 amide bonds. The van der Waals surface area contributed by atoms with Crippen LogP contribution in [0.2, 0.25) is 5.02 Å². The summed E-state index contributed by atoms with van der Waals surface area (Å²) in [5.41, 5.74) is 0.0329. The largest absolute Gasteiger partial charge is 0.497 e. The number of carbonyl (C=O) groups is 1. The van der Waals surface area contributed by atoms with Crippen molar-refractivity contribution in [2.24, 2.45) is 0 Å². The van der Waals surface area contributed by atoms with Gasteiger partial charge < -0.3 is 29.2 Å². The number of alkyl carbamates (subject to hydrolysis) is 1. The first-order valence-corrected chi connectivity index (χ1v) is 19.0. The van der Waals surface area contributed by atoms with E-state index < -0.39 is 56.7 Å². The first kappa shape index (κ1) is 39.8. The number of carbonyl (C=O) groups excluding carboxylic acids is 1. The lowest BCUT2D eigenvalue weighted by Gasteiger charge is -2.38. The van der Waals surface area contributed by atoms with Crippen molar-refractivity contribution in [1.82, 2.24) is 20.2 Å². The topological polar surface area (TPSA) is 132 Å². The van der Waals surface area contributed by atoms with E-state index in [0.29, 0.717) is 42.1 Å². The van der Waals surface area contributed by atoms with Gasteiger partial charge in [-0.2, -0.15) is 13.2 Å². The Bertz CT molecular complexity index is 2110. The monoisotopic (exact) mass is 807 g/mol. The summed E-state index contributed by atoms with van der Waals surface area (Å²) >= 11 is 6.60. The highest BCUT2D eigenvalue weighted by atomic mass is 35.5. The summed E-state index contributed by atoms with van der Waals surface area (Å²) in [5, 5.41) is 2.51. The van der Waals surface area contributed by atoms with E-state index in [1.165, 1.54) is 32.5 Å². The zero-order valence-electron chi connectivity index (χ0n) is 29.9. The maximum Gasteiger partial charge on any atom is 0.416 e. The second kappa shape index (κ2) is 16.5. The number of sulfonamides is 1. The molecule has 294 valence electrons. The highest BCUT2D eigenvalue weighted by Gasteiger charge is 2.39. The third-order valence-corrected chi connectivity index (χ3v) is 11.6.